The van der Waals surface area contributed by atoms with Gasteiger partial charge in [-0.1, -0.05) is 0 Å². The third kappa shape index (κ3) is 3.42. The van der Waals surface area contributed by atoms with Crippen LogP contribution in [-0.4, -0.2) is 24.2 Å². The van der Waals surface area contributed by atoms with Gasteiger partial charge in [0.25, 0.3) is 5.69 Å². The number of nitrogens with one attached hydrogen (secondary N) is 1. The van der Waals surface area contributed by atoms with Crippen LogP contribution in [0.25, 0.3) is 0 Å². The Labute approximate surface area is 99.9 Å². The molecule has 0 aliphatic carbocycles. The summed E-state index contributed by atoms with van der Waals surface area (Å²) < 4.78 is 5.38. The van der Waals surface area contributed by atoms with E-state index in [0.717, 1.165) is 38.2 Å². The molecule has 0 spiro atoms. The van der Waals surface area contributed by atoms with E-state index < -0.39 is 0 Å². The zero-order valence-corrected chi connectivity index (χ0v) is 9.59. The molecule has 1 saturated heterocycles. The van der Waals surface area contributed by atoms with Gasteiger partial charge in [0.15, 0.2) is 0 Å². The lowest BCUT2D eigenvalue weighted by Crippen LogP contribution is -2.19. The summed E-state index contributed by atoms with van der Waals surface area (Å²) in [5, 5.41) is 13.9. The van der Waals surface area contributed by atoms with E-state index in [1.807, 2.05) is 0 Å². The second-order valence-corrected chi connectivity index (χ2v) is 4.19. The molecule has 92 valence electrons. The van der Waals surface area contributed by atoms with Crippen LogP contribution >= 0.6 is 0 Å². The highest BCUT2D eigenvalue weighted by molar-refractivity contribution is 5.49. The quantitative estimate of drug-likeness (QED) is 0.647. The lowest BCUT2D eigenvalue weighted by molar-refractivity contribution is -0.384. The fourth-order valence-corrected chi connectivity index (χ4v) is 1.96. The number of nitro benzene ring substituents is 1. The number of nitro groups is 1. The minimum absolute atomic E-state index is 0.125. The Morgan fingerprint density at radius 3 is 2.71 bits per heavy atom. The molecule has 0 unspecified atom stereocenters. The number of rotatable bonds is 3. The Bertz CT molecular complexity index is 370. The monoisotopic (exact) mass is 236 g/mol. The fourth-order valence-electron chi connectivity index (χ4n) is 1.96. The SMILES string of the molecule is O=[N+]([O-])c1ccc(N[C@@H]2CCCOCC2)cc1. The first-order chi connectivity index (χ1) is 8.25. The lowest BCUT2D eigenvalue weighted by Gasteiger charge is -2.16. The van der Waals surface area contributed by atoms with Crippen LogP contribution in [0.1, 0.15) is 19.3 Å². The van der Waals surface area contributed by atoms with Crippen LogP contribution in [0.15, 0.2) is 24.3 Å². The average Bonchev–Trinajstić information content (AvgIpc) is 2.58. The highest BCUT2D eigenvalue weighted by Gasteiger charge is 2.12. The zero-order valence-electron chi connectivity index (χ0n) is 9.59. The molecule has 1 aliphatic rings. The molecule has 0 saturated carbocycles. The van der Waals surface area contributed by atoms with Crippen molar-refractivity contribution in [3.8, 4) is 0 Å². The standard InChI is InChI=1S/C12H16N2O3/c15-14(16)12-5-3-11(4-6-12)13-10-2-1-8-17-9-7-10/h3-6,10,13H,1-2,7-9H2/t10-/m1/s1. The van der Waals surface area contributed by atoms with Crippen molar-refractivity contribution in [3.05, 3.63) is 34.4 Å². The first kappa shape index (κ1) is 11.9. The predicted octanol–water partition coefficient (Wildman–Crippen LogP) is 2.58. The molecule has 17 heavy (non-hydrogen) atoms. The smallest absolute Gasteiger partial charge is 0.269 e. The molecule has 0 aromatic heterocycles. The van der Waals surface area contributed by atoms with Gasteiger partial charge in [-0.05, 0) is 31.4 Å². The molecule has 1 fully saturated rings. The van der Waals surface area contributed by atoms with Gasteiger partial charge in [-0.3, -0.25) is 10.1 Å². The molecule has 1 aromatic carbocycles. The summed E-state index contributed by atoms with van der Waals surface area (Å²) in [4.78, 5) is 10.1. The van der Waals surface area contributed by atoms with Crippen molar-refractivity contribution in [2.24, 2.45) is 0 Å². The first-order valence-electron chi connectivity index (χ1n) is 5.84. The molecule has 1 aromatic rings. The third-order valence-corrected chi connectivity index (χ3v) is 2.90. The van der Waals surface area contributed by atoms with Crippen LogP contribution in [0.5, 0.6) is 0 Å². The summed E-state index contributed by atoms with van der Waals surface area (Å²) in [6.07, 6.45) is 3.12. The molecule has 0 amide bonds. The van der Waals surface area contributed by atoms with Gasteiger partial charge >= 0.3 is 0 Å². The number of non-ortho nitro benzene ring substituents is 1. The Morgan fingerprint density at radius 2 is 2.00 bits per heavy atom. The van der Waals surface area contributed by atoms with E-state index in [-0.39, 0.29) is 10.6 Å². The summed E-state index contributed by atoms with van der Waals surface area (Å²) >= 11 is 0. The van der Waals surface area contributed by atoms with Gasteiger partial charge in [0.1, 0.15) is 0 Å². The van der Waals surface area contributed by atoms with Crippen molar-refractivity contribution in [2.75, 3.05) is 18.5 Å². The van der Waals surface area contributed by atoms with Gasteiger partial charge in [-0.25, -0.2) is 0 Å². The summed E-state index contributed by atoms with van der Waals surface area (Å²) in [6.45, 7) is 1.61. The lowest BCUT2D eigenvalue weighted by atomic mass is 10.1. The highest BCUT2D eigenvalue weighted by atomic mass is 16.6. The van der Waals surface area contributed by atoms with Gasteiger partial charge in [-0.2, -0.15) is 0 Å². The molecule has 0 radical (unpaired) electrons. The van der Waals surface area contributed by atoms with Gasteiger partial charge in [0.2, 0.25) is 0 Å². The second kappa shape index (κ2) is 5.63. The van der Waals surface area contributed by atoms with Crippen LogP contribution in [0.4, 0.5) is 11.4 Å². The maximum Gasteiger partial charge on any atom is 0.269 e. The Kier molecular flexibility index (Phi) is 3.93. The normalized spacial score (nSPS) is 20.6. The number of benzene rings is 1. The van der Waals surface area contributed by atoms with Crippen molar-refractivity contribution in [1.82, 2.24) is 0 Å². The van der Waals surface area contributed by atoms with Crippen LogP contribution in [0.2, 0.25) is 0 Å². The zero-order chi connectivity index (χ0) is 12.1. The largest absolute Gasteiger partial charge is 0.382 e. The molecule has 2 rings (SSSR count). The number of hydrogen-bond donors (Lipinski definition) is 1. The van der Waals surface area contributed by atoms with Crippen molar-refractivity contribution in [2.45, 2.75) is 25.3 Å². The van der Waals surface area contributed by atoms with Crippen molar-refractivity contribution in [1.29, 1.82) is 0 Å². The molecule has 5 nitrogen and oxygen atoms in total. The van der Waals surface area contributed by atoms with Crippen LogP contribution in [-0.2, 0) is 4.74 Å². The molecular weight excluding hydrogens is 220 g/mol. The Morgan fingerprint density at radius 1 is 1.24 bits per heavy atom. The Balaban J connectivity index is 1.95. The molecule has 5 heteroatoms. The summed E-state index contributed by atoms with van der Waals surface area (Å²) in [7, 11) is 0. The van der Waals surface area contributed by atoms with Gasteiger partial charge in [0, 0.05) is 37.1 Å². The van der Waals surface area contributed by atoms with E-state index in [9.17, 15) is 10.1 Å². The maximum absolute atomic E-state index is 10.5. The van der Waals surface area contributed by atoms with E-state index in [0.29, 0.717) is 6.04 Å². The van der Waals surface area contributed by atoms with E-state index in [1.54, 1.807) is 12.1 Å². The van der Waals surface area contributed by atoms with Crippen molar-refractivity contribution >= 4 is 11.4 Å². The van der Waals surface area contributed by atoms with E-state index >= 15 is 0 Å². The van der Waals surface area contributed by atoms with Crippen molar-refractivity contribution in [3.63, 3.8) is 0 Å². The van der Waals surface area contributed by atoms with Gasteiger partial charge in [0.05, 0.1) is 4.92 Å². The molecule has 1 atom stereocenters. The van der Waals surface area contributed by atoms with Crippen LogP contribution in [0, 0.1) is 10.1 Å². The maximum atomic E-state index is 10.5. The van der Waals surface area contributed by atoms with Crippen LogP contribution in [0.3, 0.4) is 0 Å². The highest BCUT2D eigenvalue weighted by Crippen LogP contribution is 2.19. The number of anilines is 1. The average molecular weight is 236 g/mol. The third-order valence-electron chi connectivity index (χ3n) is 2.90. The molecule has 1 N–H and O–H groups in total. The molecular formula is C12H16N2O3. The Hall–Kier alpha value is -1.62. The van der Waals surface area contributed by atoms with Gasteiger partial charge < -0.3 is 10.1 Å². The predicted molar refractivity (Wildman–Crippen MR) is 65.2 cm³/mol. The molecule has 1 aliphatic heterocycles. The van der Waals surface area contributed by atoms with Gasteiger partial charge in [-0.15, -0.1) is 0 Å². The van der Waals surface area contributed by atoms with E-state index in [2.05, 4.69) is 5.32 Å². The summed E-state index contributed by atoms with van der Waals surface area (Å²) in [5.74, 6) is 0. The van der Waals surface area contributed by atoms with E-state index in [1.165, 1.54) is 12.1 Å². The fraction of sp³-hybridized carbons (Fsp3) is 0.500. The van der Waals surface area contributed by atoms with E-state index in [4.69, 9.17) is 4.74 Å². The number of nitrogens with zero attached hydrogens (tertiary/aromatic N) is 1. The van der Waals surface area contributed by atoms with Crippen LogP contribution < -0.4 is 5.32 Å². The first-order valence-corrected chi connectivity index (χ1v) is 5.84. The molecule has 0 bridgehead atoms. The molecule has 1 heterocycles. The number of hydrogen-bond acceptors (Lipinski definition) is 4. The minimum atomic E-state index is -0.386. The number of ether oxygens (including phenoxy) is 1. The second-order valence-electron chi connectivity index (χ2n) is 4.19. The van der Waals surface area contributed by atoms with Crippen molar-refractivity contribution < 1.29 is 9.66 Å². The summed E-state index contributed by atoms with van der Waals surface area (Å²) in [5.41, 5.74) is 1.06. The summed E-state index contributed by atoms with van der Waals surface area (Å²) in [6, 6.07) is 6.96. The minimum Gasteiger partial charge on any atom is -0.382 e. The topological polar surface area (TPSA) is 64.4 Å².